The lowest BCUT2D eigenvalue weighted by Crippen LogP contribution is -2.19. The standard InChI is InChI=1S/C11H10F6N2S/c12-10(13,14)3-4-19-6-1-2-8(11(15,16)17)7(5-6)9(18)20/h1-2,5,19H,3-4H2,(H2,18,20). The van der Waals surface area contributed by atoms with Crippen LogP contribution in [0.3, 0.4) is 0 Å². The maximum Gasteiger partial charge on any atom is 0.417 e. The fourth-order valence-corrected chi connectivity index (χ4v) is 1.62. The van der Waals surface area contributed by atoms with E-state index in [4.69, 9.17) is 5.73 Å². The van der Waals surface area contributed by atoms with Crippen molar-refractivity contribution in [3.8, 4) is 0 Å². The Morgan fingerprint density at radius 2 is 1.75 bits per heavy atom. The number of benzene rings is 1. The van der Waals surface area contributed by atoms with Crippen LogP contribution in [-0.2, 0) is 6.18 Å². The molecule has 0 atom stereocenters. The highest BCUT2D eigenvalue weighted by Crippen LogP contribution is 2.33. The maximum atomic E-state index is 12.7. The van der Waals surface area contributed by atoms with E-state index in [1.54, 1.807) is 0 Å². The molecule has 0 spiro atoms. The molecule has 0 amide bonds. The van der Waals surface area contributed by atoms with Crippen molar-refractivity contribution in [2.45, 2.75) is 18.8 Å². The molecule has 0 aromatic heterocycles. The summed E-state index contributed by atoms with van der Waals surface area (Å²) < 4.78 is 73.9. The number of halogens is 6. The van der Waals surface area contributed by atoms with E-state index in [1.165, 1.54) is 0 Å². The topological polar surface area (TPSA) is 38.0 Å². The van der Waals surface area contributed by atoms with Crippen molar-refractivity contribution < 1.29 is 26.3 Å². The van der Waals surface area contributed by atoms with Crippen LogP contribution in [0.15, 0.2) is 18.2 Å². The van der Waals surface area contributed by atoms with Gasteiger partial charge < -0.3 is 11.1 Å². The molecule has 0 aliphatic rings. The summed E-state index contributed by atoms with van der Waals surface area (Å²) in [7, 11) is 0. The zero-order valence-corrected chi connectivity index (χ0v) is 10.7. The molecular formula is C11H10F6N2S. The Morgan fingerprint density at radius 1 is 1.15 bits per heavy atom. The molecular weight excluding hydrogens is 306 g/mol. The highest BCUT2D eigenvalue weighted by atomic mass is 32.1. The van der Waals surface area contributed by atoms with E-state index in [-0.39, 0.29) is 5.69 Å². The molecule has 0 radical (unpaired) electrons. The van der Waals surface area contributed by atoms with Gasteiger partial charge in [0.1, 0.15) is 4.99 Å². The number of rotatable bonds is 4. The fourth-order valence-electron chi connectivity index (χ4n) is 1.45. The molecule has 0 fully saturated rings. The van der Waals surface area contributed by atoms with Crippen molar-refractivity contribution in [3.05, 3.63) is 29.3 Å². The molecule has 20 heavy (non-hydrogen) atoms. The van der Waals surface area contributed by atoms with Gasteiger partial charge in [-0.15, -0.1) is 0 Å². The number of nitrogens with one attached hydrogen (secondary N) is 1. The first-order valence-corrected chi connectivity index (χ1v) is 5.73. The Balaban J connectivity index is 2.92. The van der Waals surface area contributed by atoms with Gasteiger partial charge in [-0.05, 0) is 18.2 Å². The van der Waals surface area contributed by atoms with Crippen LogP contribution in [0.25, 0.3) is 0 Å². The molecule has 112 valence electrons. The molecule has 9 heteroatoms. The smallest absolute Gasteiger partial charge is 0.389 e. The summed E-state index contributed by atoms with van der Waals surface area (Å²) >= 11 is 4.52. The zero-order valence-electron chi connectivity index (χ0n) is 9.90. The molecule has 0 saturated carbocycles. The van der Waals surface area contributed by atoms with E-state index >= 15 is 0 Å². The fraction of sp³-hybridized carbons (Fsp3) is 0.364. The molecule has 0 unspecified atom stereocenters. The summed E-state index contributed by atoms with van der Waals surface area (Å²) in [5, 5.41) is 2.37. The monoisotopic (exact) mass is 316 g/mol. The van der Waals surface area contributed by atoms with Crippen molar-refractivity contribution >= 4 is 22.9 Å². The summed E-state index contributed by atoms with van der Waals surface area (Å²) in [4.78, 5) is -0.475. The van der Waals surface area contributed by atoms with E-state index in [2.05, 4.69) is 17.5 Å². The Labute approximate surface area is 115 Å². The van der Waals surface area contributed by atoms with Crippen LogP contribution < -0.4 is 11.1 Å². The van der Waals surface area contributed by atoms with Crippen LogP contribution in [0.4, 0.5) is 32.0 Å². The molecule has 3 N–H and O–H groups in total. The summed E-state index contributed by atoms with van der Waals surface area (Å²) in [6, 6.07) is 2.74. The number of hydrogen-bond donors (Lipinski definition) is 2. The summed E-state index contributed by atoms with van der Waals surface area (Å²) in [5.41, 5.74) is 3.84. The summed E-state index contributed by atoms with van der Waals surface area (Å²) in [6.07, 6.45) is -10.1. The first kappa shape index (κ1) is 16.5. The van der Waals surface area contributed by atoms with E-state index in [9.17, 15) is 26.3 Å². The normalized spacial score (nSPS) is 12.3. The zero-order chi connectivity index (χ0) is 15.6. The van der Waals surface area contributed by atoms with Gasteiger partial charge in [0.2, 0.25) is 0 Å². The van der Waals surface area contributed by atoms with E-state index in [1.807, 2.05) is 0 Å². The predicted molar refractivity (Wildman–Crippen MR) is 66.5 cm³/mol. The van der Waals surface area contributed by atoms with Crippen LogP contribution in [-0.4, -0.2) is 17.7 Å². The Kier molecular flexibility index (Phi) is 4.85. The molecule has 1 rings (SSSR count). The van der Waals surface area contributed by atoms with Crippen molar-refractivity contribution in [2.75, 3.05) is 11.9 Å². The van der Waals surface area contributed by atoms with Gasteiger partial charge in [0.05, 0.1) is 12.0 Å². The minimum absolute atomic E-state index is 0.0880. The maximum absolute atomic E-state index is 12.7. The van der Waals surface area contributed by atoms with Gasteiger partial charge in [-0.1, -0.05) is 12.2 Å². The van der Waals surface area contributed by atoms with Crippen molar-refractivity contribution in [2.24, 2.45) is 5.73 Å². The quantitative estimate of drug-likeness (QED) is 0.657. The summed E-state index contributed by atoms with van der Waals surface area (Å²) in [6.45, 7) is -0.453. The molecule has 0 heterocycles. The Bertz CT molecular complexity index is 495. The van der Waals surface area contributed by atoms with E-state index in [0.29, 0.717) is 0 Å². The predicted octanol–water partition coefficient (Wildman–Crippen LogP) is 3.70. The highest BCUT2D eigenvalue weighted by Gasteiger charge is 2.34. The first-order valence-electron chi connectivity index (χ1n) is 5.32. The molecule has 0 aliphatic heterocycles. The van der Waals surface area contributed by atoms with Gasteiger partial charge in [-0.25, -0.2) is 0 Å². The lowest BCUT2D eigenvalue weighted by Gasteiger charge is -2.14. The SMILES string of the molecule is NC(=S)c1cc(NCCC(F)(F)F)ccc1C(F)(F)F. The average molecular weight is 316 g/mol. The third-order valence-electron chi connectivity index (χ3n) is 2.33. The van der Waals surface area contributed by atoms with Crippen LogP contribution in [0.1, 0.15) is 17.5 Å². The lowest BCUT2D eigenvalue weighted by molar-refractivity contribution is -0.137. The van der Waals surface area contributed by atoms with Gasteiger partial charge in [0.25, 0.3) is 0 Å². The number of alkyl halides is 6. The van der Waals surface area contributed by atoms with Gasteiger partial charge in [-0.3, -0.25) is 0 Å². The minimum Gasteiger partial charge on any atom is -0.389 e. The second-order valence-corrected chi connectivity index (χ2v) is 4.35. The van der Waals surface area contributed by atoms with Crippen LogP contribution in [0.5, 0.6) is 0 Å². The van der Waals surface area contributed by atoms with Crippen LogP contribution in [0, 0.1) is 0 Å². The average Bonchev–Trinajstić information content (AvgIpc) is 2.25. The molecule has 2 nitrogen and oxygen atoms in total. The number of anilines is 1. The number of nitrogens with two attached hydrogens (primary N) is 1. The number of hydrogen-bond acceptors (Lipinski definition) is 2. The van der Waals surface area contributed by atoms with Crippen molar-refractivity contribution in [1.29, 1.82) is 0 Å². The third-order valence-corrected chi connectivity index (χ3v) is 2.55. The van der Waals surface area contributed by atoms with Gasteiger partial charge in [0.15, 0.2) is 0 Å². The minimum atomic E-state index is -4.64. The second-order valence-electron chi connectivity index (χ2n) is 3.91. The molecule has 0 saturated heterocycles. The van der Waals surface area contributed by atoms with Gasteiger partial charge in [-0.2, -0.15) is 26.3 Å². The molecule has 1 aromatic carbocycles. The van der Waals surface area contributed by atoms with Crippen molar-refractivity contribution in [1.82, 2.24) is 0 Å². The highest BCUT2D eigenvalue weighted by molar-refractivity contribution is 7.80. The largest absolute Gasteiger partial charge is 0.417 e. The second kappa shape index (κ2) is 5.86. The Morgan fingerprint density at radius 3 is 2.20 bits per heavy atom. The Hall–Kier alpha value is -1.51. The third kappa shape index (κ3) is 4.87. The lowest BCUT2D eigenvalue weighted by atomic mass is 10.1. The number of thiocarbonyl (C=S) groups is 1. The summed E-state index contributed by atoms with van der Waals surface area (Å²) in [5.74, 6) is 0. The molecule has 1 aromatic rings. The molecule has 0 aliphatic carbocycles. The van der Waals surface area contributed by atoms with Crippen molar-refractivity contribution in [3.63, 3.8) is 0 Å². The molecule has 0 bridgehead atoms. The van der Waals surface area contributed by atoms with E-state index < -0.39 is 41.4 Å². The van der Waals surface area contributed by atoms with E-state index in [0.717, 1.165) is 18.2 Å². The van der Waals surface area contributed by atoms with Gasteiger partial charge >= 0.3 is 12.4 Å². The van der Waals surface area contributed by atoms with Gasteiger partial charge in [0, 0.05) is 17.8 Å². The van der Waals surface area contributed by atoms with Crippen LogP contribution in [0.2, 0.25) is 0 Å². The van der Waals surface area contributed by atoms with Crippen LogP contribution >= 0.6 is 12.2 Å². The first-order chi connectivity index (χ1) is 9.00.